The largest absolute Gasteiger partial charge is 0.401 e. The second kappa shape index (κ2) is 7.36. The third kappa shape index (κ3) is 6.49. The van der Waals surface area contributed by atoms with Gasteiger partial charge in [-0.3, -0.25) is 0 Å². The molecule has 0 aliphatic rings. The van der Waals surface area contributed by atoms with E-state index in [2.05, 4.69) is 5.32 Å². The minimum absolute atomic E-state index is 0.0756. The predicted molar refractivity (Wildman–Crippen MR) is 61.8 cm³/mol. The maximum Gasteiger partial charge on any atom is 0.401 e. The lowest BCUT2D eigenvalue weighted by atomic mass is 9.88. The Labute approximate surface area is 109 Å². The number of halogens is 6. The van der Waals surface area contributed by atoms with Crippen molar-refractivity contribution in [3.63, 3.8) is 0 Å². The van der Waals surface area contributed by atoms with Crippen LogP contribution < -0.4 is 5.32 Å². The SMILES string of the molecule is CCCC(C)CC(NCC)C(C(F)(F)F)C(F)(F)F. The van der Waals surface area contributed by atoms with Gasteiger partial charge in [0.25, 0.3) is 0 Å². The normalized spacial score (nSPS) is 16.7. The Balaban J connectivity index is 5.07. The van der Waals surface area contributed by atoms with Gasteiger partial charge >= 0.3 is 12.4 Å². The van der Waals surface area contributed by atoms with E-state index in [1.54, 1.807) is 6.92 Å². The molecular formula is C12H21F6N. The second-order valence-electron chi connectivity index (χ2n) is 4.85. The summed E-state index contributed by atoms with van der Waals surface area (Å²) in [5.41, 5.74) is 0. The minimum atomic E-state index is -5.28. The van der Waals surface area contributed by atoms with Crippen molar-refractivity contribution < 1.29 is 26.3 Å². The number of alkyl halides is 6. The summed E-state index contributed by atoms with van der Waals surface area (Å²) in [7, 11) is 0. The van der Waals surface area contributed by atoms with Gasteiger partial charge in [0.15, 0.2) is 5.92 Å². The van der Waals surface area contributed by atoms with Crippen molar-refractivity contribution in [3.05, 3.63) is 0 Å². The maximum atomic E-state index is 12.7. The summed E-state index contributed by atoms with van der Waals surface area (Å²) in [5, 5.41) is 2.35. The molecule has 1 N–H and O–H groups in total. The molecule has 0 spiro atoms. The van der Waals surface area contributed by atoms with Crippen LogP contribution in [0.1, 0.15) is 40.0 Å². The van der Waals surface area contributed by atoms with E-state index in [1.807, 2.05) is 6.92 Å². The quantitative estimate of drug-likeness (QED) is 0.680. The number of rotatable bonds is 7. The van der Waals surface area contributed by atoms with Gasteiger partial charge in [0, 0.05) is 6.04 Å². The Morgan fingerprint density at radius 3 is 1.74 bits per heavy atom. The van der Waals surface area contributed by atoms with Gasteiger partial charge in [0.2, 0.25) is 0 Å². The zero-order valence-electron chi connectivity index (χ0n) is 11.3. The van der Waals surface area contributed by atoms with Crippen LogP contribution in [-0.4, -0.2) is 24.9 Å². The highest BCUT2D eigenvalue weighted by Gasteiger charge is 2.59. The fourth-order valence-corrected chi connectivity index (χ4v) is 2.29. The summed E-state index contributed by atoms with van der Waals surface area (Å²) in [4.78, 5) is 0. The van der Waals surface area contributed by atoms with E-state index in [9.17, 15) is 26.3 Å². The Bertz CT molecular complexity index is 234. The lowest BCUT2D eigenvalue weighted by molar-refractivity contribution is -0.292. The highest BCUT2D eigenvalue weighted by Crippen LogP contribution is 2.42. The molecule has 0 aromatic rings. The van der Waals surface area contributed by atoms with Gasteiger partial charge in [0.05, 0.1) is 0 Å². The topological polar surface area (TPSA) is 12.0 Å². The van der Waals surface area contributed by atoms with Crippen molar-refractivity contribution in [2.45, 2.75) is 58.4 Å². The summed E-state index contributed by atoms with van der Waals surface area (Å²) in [6.07, 6.45) is -9.34. The van der Waals surface area contributed by atoms with Crippen LogP contribution in [0, 0.1) is 11.8 Å². The molecule has 0 aromatic heterocycles. The first-order valence-electron chi connectivity index (χ1n) is 6.40. The van der Waals surface area contributed by atoms with Crippen molar-refractivity contribution in [1.29, 1.82) is 0 Å². The Morgan fingerprint density at radius 2 is 1.42 bits per heavy atom. The van der Waals surface area contributed by atoms with Crippen molar-refractivity contribution in [3.8, 4) is 0 Å². The van der Waals surface area contributed by atoms with Crippen LogP contribution in [-0.2, 0) is 0 Å². The lowest BCUT2D eigenvalue weighted by Crippen LogP contribution is -2.51. The maximum absolute atomic E-state index is 12.7. The monoisotopic (exact) mass is 293 g/mol. The van der Waals surface area contributed by atoms with Crippen molar-refractivity contribution in [2.24, 2.45) is 11.8 Å². The molecule has 7 heteroatoms. The van der Waals surface area contributed by atoms with E-state index in [-0.39, 0.29) is 18.9 Å². The molecule has 0 amide bonds. The Morgan fingerprint density at radius 1 is 0.947 bits per heavy atom. The van der Waals surface area contributed by atoms with Gasteiger partial charge in [-0.15, -0.1) is 0 Å². The van der Waals surface area contributed by atoms with E-state index in [1.165, 1.54) is 6.92 Å². The fourth-order valence-electron chi connectivity index (χ4n) is 2.29. The molecule has 2 atom stereocenters. The molecule has 0 aliphatic carbocycles. The average molecular weight is 293 g/mol. The molecule has 0 saturated heterocycles. The van der Waals surface area contributed by atoms with Gasteiger partial charge < -0.3 is 5.32 Å². The molecular weight excluding hydrogens is 272 g/mol. The van der Waals surface area contributed by atoms with Gasteiger partial charge in [-0.2, -0.15) is 26.3 Å². The van der Waals surface area contributed by atoms with Gasteiger partial charge in [-0.1, -0.05) is 33.6 Å². The van der Waals surface area contributed by atoms with Crippen molar-refractivity contribution in [2.75, 3.05) is 6.54 Å². The first-order chi connectivity index (χ1) is 8.54. The summed E-state index contributed by atoms with van der Waals surface area (Å²) in [5.74, 6) is -3.49. The fraction of sp³-hybridized carbons (Fsp3) is 1.00. The van der Waals surface area contributed by atoms with Gasteiger partial charge in [-0.25, -0.2) is 0 Å². The Kier molecular flexibility index (Phi) is 7.18. The zero-order chi connectivity index (χ0) is 15.3. The first kappa shape index (κ1) is 18.5. The summed E-state index contributed by atoms with van der Waals surface area (Å²) in [6, 6.07) is -1.62. The lowest BCUT2D eigenvalue weighted by Gasteiger charge is -2.32. The molecule has 0 aromatic carbocycles. The smallest absolute Gasteiger partial charge is 0.313 e. The summed E-state index contributed by atoms with van der Waals surface area (Å²) in [6.45, 7) is 5.11. The summed E-state index contributed by atoms with van der Waals surface area (Å²) < 4.78 is 76.0. The van der Waals surface area contributed by atoms with E-state index in [4.69, 9.17) is 0 Å². The molecule has 0 saturated carbocycles. The zero-order valence-corrected chi connectivity index (χ0v) is 11.3. The van der Waals surface area contributed by atoms with Crippen molar-refractivity contribution in [1.82, 2.24) is 5.32 Å². The number of nitrogens with one attached hydrogen (secondary N) is 1. The van der Waals surface area contributed by atoms with E-state index >= 15 is 0 Å². The van der Waals surface area contributed by atoms with Crippen LogP contribution in [0.15, 0.2) is 0 Å². The van der Waals surface area contributed by atoms with Gasteiger partial charge in [0.1, 0.15) is 0 Å². The van der Waals surface area contributed by atoms with Crippen LogP contribution in [0.25, 0.3) is 0 Å². The highest BCUT2D eigenvalue weighted by molar-refractivity contribution is 4.88. The molecule has 0 rings (SSSR count). The highest BCUT2D eigenvalue weighted by atomic mass is 19.4. The average Bonchev–Trinajstić information content (AvgIpc) is 2.12. The molecule has 0 bridgehead atoms. The molecule has 116 valence electrons. The minimum Gasteiger partial charge on any atom is -0.313 e. The van der Waals surface area contributed by atoms with Gasteiger partial charge in [-0.05, 0) is 18.9 Å². The second-order valence-corrected chi connectivity index (χ2v) is 4.85. The third-order valence-corrected chi connectivity index (χ3v) is 3.01. The molecule has 2 unspecified atom stereocenters. The predicted octanol–water partition coefficient (Wildman–Crippen LogP) is 4.53. The first-order valence-corrected chi connectivity index (χ1v) is 6.40. The van der Waals surface area contributed by atoms with E-state index in [0.29, 0.717) is 6.42 Å². The third-order valence-electron chi connectivity index (χ3n) is 3.01. The van der Waals surface area contributed by atoms with Crippen LogP contribution >= 0.6 is 0 Å². The Hall–Kier alpha value is -0.460. The molecule has 1 nitrogen and oxygen atoms in total. The molecule has 19 heavy (non-hydrogen) atoms. The molecule has 0 fully saturated rings. The van der Waals surface area contributed by atoms with Crippen LogP contribution in [0.2, 0.25) is 0 Å². The molecule has 0 heterocycles. The number of hydrogen-bond acceptors (Lipinski definition) is 1. The van der Waals surface area contributed by atoms with Crippen LogP contribution in [0.4, 0.5) is 26.3 Å². The standard InChI is InChI=1S/C12H21F6N/c1-4-6-8(3)7-9(19-5-2)10(11(13,14)15)12(16,17)18/h8-10,19H,4-7H2,1-3H3. The van der Waals surface area contributed by atoms with Crippen LogP contribution in [0.5, 0.6) is 0 Å². The van der Waals surface area contributed by atoms with E-state index < -0.39 is 24.3 Å². The van der Waals surface area contributed by atoms with Crippen molar-refractivity contribution >= 4 is 0 Å². The van der Waals surface area contributed by atoms with Crippen LogP contribution in [0.3, 0.4) is 0 Å². The van der Waals surface area contributed by atoms with E-state index in [0.717, 1.165) is 6.42 Å². The molecule has 0 radical (unpaired) electrons. The summed E-state index contributed by atoms with van der Waals surface area (Å²) >= 11 is 0. The molecule has 0 aliphatic heterocycles. The number of hydrogen-bond donors (Lipinski definition) is 1.